The Morgan fingerprint density at radius 3 is 2.24 bits per heavy atom. The third-order valence-electron chi connectivity index (χ3n) is 7.89. The third-order valence-corrected chi connectivity index (χ3v) is 7.89. The molecular formula is C34H30NO2+. The maximum Gasteiger partial charge on any atom is 0.224 e. The molecule has 0 aliphatic rings. The first-order valence-electron chi connectivity index (χ1n) is 13.1. The van der Waals surface area contributed by atoms with Crippen molar-refractivity contribution < 1.29 is 13.4 Å². The molecule has 0 saturated carbocycles. The van der Waals surface area contributed by atoms with E-state index in [2.05, 4.69) is 106 Å². The normalized spacial score (nSPS) is 12.3. The van der Waals surface area contributed by atoms with Gasteiger partial charge in [0.2, 0.25) is 5.69 Å². The molecule has 3 heteroatoms. The van der Waals surface area contributed by atoms with Crippen LogP contribution in [0.25, 0.3) is 65.9 Å². The van der Waals surface area contributed by atoms with E-state index >= 15 is 0 Å². The van der Waals surface area contributed by atoms with Crippen molar-refractivity contribution >= 4 is 54.6 Å². The van der Waals surface area contributed by atoms with Gasteiger partial charge in [0, 0.05) is 33.0 Å². The van der Waals surface area contributed by atoms with Crippen LogP contribution >= 0.6 is 0 Å². The molecule has 3 aromatic heterocycles. The van der Waals surface area contributed by atoms with Crippen molar-refractivity contribution in [2.75, 3.05) is 0 Å². The second-order valence-electron chi connectivity index (χ2n) is 10.9. The van der Waals surface area contributed by atoms with Gasteiger partial charge in [-0.15, -0.1) is 0 Å². The van der Waals surface area contributed by atoms with Crippen molar-refractivity contribution in [2.24, 2.45) is 13.0 Å². The summed E-state index contributed by atoms with van der Waals surface area (Å²) in [6, 6.07) is 23.9. The van der Waals surface area contributed by atoms with E-state index in [4.69, 9.17) is 8.83 Å². The maximum absolute atomic E-state index is 6.58. The van der Waals surface area contributed by atoms with Crippen LogP contribution in [0.1, 0.15) is 30.5 Å². The van der Waals surface area contributed by atoms with Crippen molar-refractivity contribution in [1.82, 2.24) is 0 Å². The van der Waals surface area contributed by atoms with Crippen LogP contribution in [0.4, 0.5) is 0 Å². The van der Waals surface area contributed by atoms with Crippen LogP contribution in [-0.2, 0) is 13.5 Å². The number of nitrogens with zero attached hydrogens (tertiary/aromatic N) is 1. The van der Waals surface area contributed by atoms with Gasteiger partial charge in [-0.25, -0.2) is 4.57 Å². The minimum Gasteiger partial charge on any atom is -0.455 e. The van der Waals surface area contributed by atoms with Gasteiger partial charge in [-0.3, -0.25) is 0 Å². The topological polar surface area (TPSA) is 30.2 Å². The van der Waals surface area contributed by atoms with Gasteiger partial charge in [-0.05, 0) is 73.2 Å². The Bertz CT molecular complexity index is 2020. The summed E-state index contributed by atoms with van der Waals surface area (Å²) < 4.78 is 15.3. The summed E-state index contributed by atoms with van der Waals surface area (Å²) in [5.74, 6) is 0.609. The fourth-order valence-corrected chi connectivity index (χ4v) is 6.01. The smallest absolute Gasteiger partial charge is 0.224 e. The Labute approximate surface area is 215 Å². The van der Waals surface area contributed by atoms with E-state index in [9.17, 15) is 0 Å². The summed E-state index contributed by atoms with van der Waals surface area (Å²) in [6.45, 7) is 8.90. The minimum absolute atomic E-state index is 0.609. The van der Waals surface area contributed by atoms with E-state index in [1.165, 1.54) is 22.1 Å². The van der Waals surface area contributed by atoms with Gasteiger partial charge in [0.15, 0.2) is 6.20 Å². The first-order valence-corrected chi connectivity index (χ1v) is 13.1. The van der Waals surface area contributed by atoms with Crippen molar-refractivity contribution in [3.8, 4) is 11.3 Å². The average molecular weight is 485 g/mol. The molecule has 0 aliphatic heterocycles. The zero-order valence-electron chi connectivity index (χ0n) is 22.0. The molecule has 0 aliphatic carbocycles. The highest BCUT2D eigenvalue weighted by atomic mass is 16.3. The lowest BCUT2D eigenvalue weighted by Gasteiger charge is -2.11. The lowest BCUT2D eigenvalue weighted by molar-refractivity contribution is -0.659. The zero-order chi connectivity index (χ0) is 25.4. The van der Waals surface area contributed by atoms with Crippen LogP contribution in [-0.4, -0.2) is 0 Å². The van der Waals surface area contributed by atoms with Crippen LogP contribution in [0, 0.1) is 19.8 Å². The van der Waals surface area contributed by atoms with Gasteiger partial charge in [-0.1, -0.05) is 44.2 Å². The number of benzene rings is 4. The molecule has 0 bridgehead atoms. The van der Waals surface area contributed by atoms with Gasteiger partial charge < -0.3 is 8.83 Å². The Kier molecular flexibility index (Phi) is 4.75. The Balaban J connectivity index is 1.56. The van der Waals surface area contributed by atoms with Crippen LogP contribution in [0.15, 0.2) is 81.8 Å². The first kappa shape index (κ1) is 22.1. The highest BCUT2D eigenvalue weighted by Gasteiger charge is 2.26. The lowest BCUT2D eigenvalue weighted by atomic mass is 9.93. The third kappa shape index (κ3) is 3.23. The average Bonchev–Trinajstić information content (AvgIpc) is 3.43. The molecule has 0 fully saturated rings. The molecule has 0 spiro atoms. The van der Waals surface area contributed by atoms with Gasteiger partial charge in [0.1, 0.15) is 29.4 Å². The summed E-state index contributed by atoms with van der Waals surface area (Å²) in [5.41, 5.74) is 9.87. The Hall–Kier alpha value is -4.11. The predicted octanol–water partition coefficient (Wildman–Crippen LogP) is 8.95. The van der Waals surface area contributed by atoms with Gasteiger partial charge in [0.05, 0.1) is 10.9 Å². The summed E-state index contributed by atoms with van der Waals surface area (Å²) in [5, 5.41) is 6.93. The van der Waals surface area contributed by atoms with E-state index < -0.39 is 0 Å². The molecule has 0 N–H and O–H groups in total. The molecule has 182 valence electrons. The Morgan fingerprint density at radius 2 is 1.41 bits per heavy atom. The van der Waals surface area contributed by atoms with E-state index in [0.29, 0.717) is 5.92 Å². The lowest BCUT2D eigenvalue weighted by Crippen LogP contribution is -2.30. The monoisotopic (exact) mass is 484 g/mol. The van der Waals surface area contributed by atoms with E-state index in [0.717, 1.165) is 66.9 Å². The molecule has 7 rings (SSSR count). The quantitative estimate of drug-likeness (QED) is 0.234. The molecule has 4 aromatic carbocycles. The highest BCUT2D eigenvalue weighted by molar-refractivity contribution is 6.18. The number of para-hydroxylation sites is 1. The number of hydrogen-bond acceptors (Lipinski definition) is 2. The highest BCUT2D eigenvalue weighted by Crippen LogP contribution is 2.42. The number of aryl methyl sites for hydroxylation is 2. The van der Waals surface area contributed by atoms with Crippen molar-refractivity contribution in [3.63, 3.8) is 0 Å². The molecule has 0 radical (unpaired) electrons. The van der Waals surface area contributed by atoms with Gasteiger partial charge in [-0.2, -0.15) is 0 Å². The molecule has 0 saturated heterocycles. The maximum atomic E-state index is 6.58. The van der Waals surface area contributed by atoms with Crippen LogP contribution < -0.4 is 4.57 Å². The molecular weight excluding hydrogens is 454 g/mol. The zero-order valence-corrected chi connectivity index (χ0v) is 22.0. The Morgan fingerprint density at radius 1 is 0.703 bits per heavy atom. The van der Waals surface area contributed by atoms with Gasteiger partial charge in [0.25, 0.3) is 0 Å². The van der Waals surface area contributed by atoms with Crippen molar-refractivity contribution in [3.05, 3.63) is 89.6 Å². The molecule has 0 unspecified atom stereocenters. The van der Waals surface area contributed by atoms with Crippen LogP contribution in [0.3, 0.4) is 0 Å². The molecule has 37 heavy (non-hydrogen) atoms. The van der Waals surface area contributed by atoms with E-state index in [1.54, 1.807) is 0 Å². The van der Waals surface area contributed by atoms with E-state index in [-0.39, 0.29) is 0 Å². The first-order chi connectivity index (χ1) is 17.9. The van der Waals surface area contributed by atoms with E-state index in [1.807, 2.05) is 6.07 Å². The second-order valence-corrected chi connectivity index (χ2v) is 10.9. The number of pyridine rings is 1. The van der Waals surface area contributed by atoms with Crippen molar-refractivity contribution in [1.29, 1.82) is 0 Å². The molecule has 7 aromatic rings. The standard InChI is InChI=1S/C34H30NO2/c1-19(2)16-22-10-11-24-26-13-12-25-27(33(26)37-30(24)18-22)14-15-35(5)32(25)31-21(4)20(3)17-28-23-8-6-7-9-29(23)36-34(28)31/h6-15,17-19H,16H2,1-5H3/q+1. The largest absolute Gasteiger partial charge is 0.455 e. The van der Waals surface area contributed by atoms with Gasteiger partial charge >= 0.3 is 0 Å². The number of aromatic nitrogens is 1. The number of hydrogen-bond donors (Lipinski definition) is 0. The SMILES string of the molecule is Cc1cc2c(oc3ccccc32)c(-c2c3ccc4c5ccc(CC(C)C)cc5oc4c3cc[n+]2C)c1C. The predicted molar refractivity (Wildman–Crippen MR) is 153 cm³/mol. The molecule has 0 atom stereocenters. The number of furan rings is 2. The summed E-state index contributed by atoms with van der Waals surface area (Å²) in [6.07, 6.45) is 3.19. The molecule has 3 heterocycles. The molecule has 3 nitrogen and oxygen atoms in total. The van der Waals surface area contributed by atoms with Crippen LogP contribution in [0.2, 0.25) is 0 Å². The van der Waals surface area contributed by atoms with Crippen molar-refractivity contribution in [2.45, 2.75) is 34.1 Å². The fourth-order valence-electron chi connectivity index (χ4n) is 6.01. The second kappa shape index (κ2) is 7.94. The summed E-state index contributed by atoms with van der Waals surface area (Å²) in [7, 11) is 2.12. The summed E-state index contributed by atoms with van der Waals surface area (Å²) >= 11 is 0. The fraction of sp³-hybridized carbons (Fsp3) is 0.206. The number of fused-ring (bicyclic) bond motifs is 8. The number of rotatable bonds is 3. The summed E-state index contributed by atoms with van der Waals surface area (Å²) in [4.78, 5) is 0. The minimum atomic E-state index is 0.609. The molecule has 0 amide bonds. The van der Waals surface area contributed by atoms with Crippen LogP contribution in [0.5, 0.6) is 0 Å².